The fourth-order valence-corrected chi connectivity index (χ4v) is 4.50. The van der Waals surface area contributed by atoms with Crippen molar-refractivity contribution in [1.82, 2.24) is 15.4 Å². The first-order chi connectivity index (χ1) is 11.4. The zero-order valence-corrected chi connectivity index (χ0v) is 16.4. The lowest BCUT2D eigenvalue weighted by Gasteiger charge is -2.15. The van der Waals surface area contributed by atoms with E-state index in [2.05, 4.69) is 15.4 Å². The Hall–Kier alpha value is -1.15. The number of hydrogen-bond donors (Lipinski definition) is 3. The Balaban J connectivity index is 0.00000312. The van der Waals surface area contributed by atoms with Crippen LogP contribution in [0, 0.1) is 6.92 Å². The highest BCUT2D eigenvalue weighted by Gasteiger charge is 2.25. The van der Waals surface area contributed by atoms with E-state index in [0.717, 1.165) is 38.6 Å². The Kier molecular flexibility index (Phi) is 8.85. The summed E-state index contributed by atoms with van der Waals surface area (Å²) in [6.07, 6.45) is 4.69. The minimum Gasteiger partial charge on any atom is -0.352 e. The Labute approximate surface area is 156 Å². The van der Waals surface area contributed by atoms with Crippen LogP contribution in [0.4, 0.5) is 0 Å². The van der Waals surface area contributed by atoms with Crippen molar-refractivity contribution in [2.45, 2.75) is 50.0 Å². The summed E-state index contributed by atoms with van der Waals surface area (Å²) in [4.78, 5) is 12.4. The lowest BCUT2D eigenvalue weighted by molar-refractivity contribution is 0.0953. The molecule has 8 heteroatoms. The molecule has 1 aliphatic rings. The molecule has 1 saturated carbocycles. The molecule has 1 amide bonds. The van der Waals surface area contributed by atoms with Gasteiger partial charge in [-0.15, -0.1) is 12.4 Å². The van der Waals surface area contributed by atoms with Gasteiger partial charge in [0.2, 0.25) is 10.0 Å². The van der Waals surface area contributed by atoms with E-state index in [-0.39, 0.29) is 29.3 Å². The number of amides is 1. The molecular formula is C17H28ClN3O3S. The van der Waals surface area contributed by atoms with Crippen molar-refractivity contribution in [2.24, 2.45) is 0 Å². The van der Waals surface area contributed by atoms with Crippen LogP contribution in [0.1, 0.15) is 48.0 Å². The van der Waals surface area contributed by atoms with Gasteiger partial charge in [0.1, 0.15) is 0 Å². The first-order valence-electron chi connectivity index (χ1n) is 8.50. The van der Waals surface area contributed by atoms with E-state index < -0.39 is 10.0 Å². The molecule has 0 saturated heterocycles. The number of benzene rings is 1. The number of halogens is 1. The Morgan fingerprint density at radius 2 is 1.88 bits per heavy atom. The van der Waals surface area contributed by atoms with Crippen LogP contribution in [0.2, 0.25) is 0 Å². The van der Waals surface area contributed by atoms with Gasteiger partial charge in [-0.3, -0.25) is 4.79 Å². The molecule has 1 aliphatic carbocycles. The van der Waals surface area contributed by atoms with E-state index in [9.17, 15) is 13.2 Å². The number of nitrogens with one attached hydrogen (secondary N) is 3. The average Bonchev–Trinajstić information content (AvgIpc) is 3.03. The van der Waals surface area contributed by atoms with E-state index in [1.165, 1.54) is 6.07 Å². The van der Waals surface area contributed by atoms with Gasteiger partial charge in [-0.25, -0.2) is 13.1 Å². The number of carbonyl (C=O) groups is 1. The maximum atomic E-state index is 12.6. The summed E-state index contributed by atoms with van der Waals surface area (Å²) in [6.45, 7) is 3.12. The van der Waals surface area contributed by atoms with Crippen molar-refractivity contribution in [2.75, 3.05) is 20.1 Å². The Bertz CT molecular complexity index is 674. The van der Waals surface area contributed by atoms with Crippen LogP contribution >= 0.6 is 12.4 Å². The van der Waals surface area contributed by atoms with E-state index in [1.54, 1.807) is 19.1 Å². The third-order valence-electron chi connectivity index (χ3n) is 4.31. The van der Waals surface area contributed by atoms with Gasteiger partial charge in [-0.2, -0.15) is 0 Å². The molecule has 1 fully saturated rings. The zero-order valence-electron chi connectivity index (χ0n) is 14.8. The number of sulfonamides is 1. The summed E-state index contributed by atoms with van der Waals surface area (Å²) in [6, 6.07) is 4.83. The lowest BCUT2D eigenvalue weighted by Crippen LogP contribution is -2.33. The monoisotopic (exact) mass is 389 g/mol. The summed E-state index contributed by atoms with van der Waals surface area (Å²) in [5.41, 5.74) is 1.02. The van der Waals surface area contributed by atoms with Crippen molar-refractivity contribution >= 4 is 28.3 Å². The highest BCUT2D eigenvalue weighted by atomic mass is 35.5. The number of carbonyl (C=O) groups excluding carboxylic acids is 1. The predicted octanol–water partition coefficient (Wildman–Crippen LogP) is 1.98. The van der Waals surface area contributed by atoms with Crippen molar-refractivity contribution in [3.63, 3.8) is 0 Å². The van der Waals surface area contributed by atoms with Gasteiger partial charge in [0.05, 0.1) is 4.90 Å². The fraction of sp³-hybridized carbons (Fsp3) is 0.588. The van der Waals surface area contributed by atoms with Crippen LogP contribution in [0.25, 0.3) is 0 Å². The molecule has 0 bridgehead atoms. The molecule has 0 spiro atoms. The average molecular weight is 390 g/mol. The van der Waals surface area contributed by atoms with Gasteiger partial charge in [0.15, 0.2) is 0 Å². The topological polar surface area (TPSA) is 87.3 Å². The second kappa shape index (κ2) is 10.1. The molecule has 0 atom stereocenters. The number of hydrogen-bond acceptors (Lipinski definition) is 4. The molecule has 142 valence electrons. The minimum atomic E-state index is -3.60. The summed E-state index contributed by atoms with van der Waals surface area (Å²) in [7, 11) is -1.74. The zero-order chi connectivity index (χ0) is 17.6. The Morgan fingerprint density at radius 3 is 2.52 bits per heavy atom. The van der Waals surface area contributed by atoms with Crippen LogP contribution in [0.3, 0.4) is 0 Å². The maximum absolute atomic E-state index is 12.6. The van der Waals surface area contributed by atoms with Crippen LogP contribution in [0.15, 0.2) is 23.1 Å². The molecule has 2 rings (SSSR count). The van der Waals surface area contributed by atoms with Crippen molar-refractivity contribution in [3.05, 3.63) is 29.3 Å². The summed E-state index contributed by atoms with van der Waals surface area (Å²) >= 11 is 0. The molecule has 0 heterocycles. The molecule has 6 nitrogen and oxygen atoms in total. The van der Waals surface area contributed by atoms with Crippen LogP contribution < -0.4 is 15.4 Å². The van der Waals surface area contributed by atoms with E-state index in [1.807, 2.05) is 7.05 Å². The van der Waals surface area contributed by atoms with Crippen LogP contribution in [-0.2, 0) is 10.0 Å². The fourth-order valence-electron chi connectivity index (χ4n) is 2.93. The molecular weight excluding hydrogens is 362 g/mol. The highest BCUT2D eigenvalue weighted by Crippen LogP contribution is 2.22. The molecule has 3 N–H and O–H groups in total. The third kappa shape index (κ3) is 6.26. The standard InChI is InChI=1S/C17H27N3O3S.ClH/c1-13-8-9-14(17(21)19-11-5-10-18-2)12-16(13)24(22,23)20-15-6-3-4-7-15;/h8-9,12,15,18,20H,3-7,10-11H2,1-2H3,(H,19,21);1H. The highest BCUT2D eigenvalue weighted by molar-refractivity contribution is 7.89. The minimum absolute atomic E-state index is 0. The second-order valence-electron chi connectivity index (χ2n) is 6.30. The molecule has 1 aromatic carbocycles. The SMILES string of the molecule is CNCCCNC(=O)c1ccc(C)c(S(=O)(=O)NC2CCCC2)c1.Cl. The van der Waals surface area contributed by atoms with E-state index >= 15 is 0 Å². The summed E-state index contributed by atoms with van der Waals surface area (Å²) in [5.74, 6) is -0.247. The summed E-state index contributed by atoms with van der Waals surface area (Å²) < 4.78 is 28.0. The van der Waals surface area contributed by atoms with E-state index in [0.29, 0.717) is 17.7 Å². The quantitative estimate of drug-likeness (QED) is 0.593. The van der Waals surface area contributed by atoms with Crippen LogP contribution in [-0.4, -0.2) is 40.5 Å². The van der Waals surface area contributed by atoms with Crippen molar-refractivity contribution in [1.29, 1.82) is 0 Å². The molecule has 0 radical (unpaired) electrons. The summed E-state index contributed by atoms with van der Waals surface area (Å²) in [5, 5.41) is 5.82. The first kappa shape index (κ1) is 21.9. The van der Waals surface area contributed by atoms with Crippen LogP contribution in [0.5, 0.6) is 0 Å². The molecule has 1 aromatic rings. The van der Waals surface area contributed by atoms with E-state index in [4.69, 9.17) is 0 Å². The molecule has 0 unspecified atom stereocenters. The third-order valence-corrected chi connectivity index (χ3v) is 5.97. The van der Waals surface area contributed by atoms with Crippen molar-refractivity contribution in [3.8, 4) is 0 Å². The smallest absolute Gasteiger partial charge is 0.251 e. The van der Waals surface area contributed by atoms with Gasteiger partial charge in [0, 0.05) is 18.2 Å². The predicted molar refractivity (Wildman–Crippen MR) is 102 cm³/mol. The van der Waals surface area contributed by atoms with Gasteiger partial charge in [-0.05, 0) is 57.5 Å². The van der Waals surface area contributed by atoms with Gasteiger partial charge < -0.3 is 10.6 Å². The molecule has 0 aromatic heterocycles. The lowest BCUT2D eigenvalue weighted by atomic mass is 10.1. The van der Waals surface area contributed by atoms with Gasteiger partial charge in [-0.1, -0.05) is 18.9 Å². The molecule has 0 aliphatic heterocycles. The Morgan fingerprint density at radius 1 is 1.20 bits per heavy atom. The second-order valence-corrected chi connectivity index (χ2v) is 7.98. The first-order valence-corrected chi connectivity index (χ1v) is 9.98. The number of aryl methyl sites for hydroxylation is 1. The molecule has 25 heavy (non-hydrogen) atoms. The van der Waals surface area contributed by atoms with Crippen molar-refractivity contribution < 1.29 is 13.2 Å². The normalized spacial score (nSPS) is 15.0. The van der Waals surface area contributed by atoms with Gasteiger partial charge in [0.25, 0.3) is 5.91 Å². The largest absolute Gasteiger partial charge is 0.352 e. The number of rotatable bonds is 8. The maximum Gasteiger partial charge on any atom is 0.251 e. The van der Waals surface area contributed by atoms with Gasteiger partial charge >= 0.3 is 0 Å².